The zero-order valence-electron chi connectivity index (χ0n) is 14.2. The van der Waals surface area contributed by atoms with Crippen LogP contribution in [0.4, 0.5) is 15.8 Å². The van der Waals surface area contributed by atoms with E-state index in [-0.39, 0.29) is 11.7 Å². The largest absolute Gasteiger partial charge is 0.494 e. The van der Waals surface area contributed by atoms with Gasteiger partial charge < -0.3 is 20.1 Å². The fourth-order valence-electron chi connectivity index (χ4n) is 2.43. The molecule has 26 heavy (non-hydrogen) atoms. The van der Waals surface area contributed by atoms with Crippen molar-refractivity contribution in [2.45, 2.75) is 13.0 Å². The van der Waals surface area contributed by atoms with E-state index < -0.39 is 17.8 Å². The van der Waals surface area contributed by atoms with Crippen LogP contribution in [-0.2, 0) is 9.59 Å². The zero-order chi connectivity index (χ0) is 18.7. The summed E-state index contributed by atoms with van der Waals surface area (Å²) in [4.78, 5) is 23.7. The molecule has 0 saturated carbocycles. The van der Waals surface area contributed by atoms with E-state index in [1.54, 1.807) is 31.2 Å². The number of methoxy groups -OCH3 is 1. The molecule has 1 atom stereocenters. The first-order valence-electron chi connectivity index (χ1n) is 7.90. The lowest BCUT2D eigenvalue weighted by atomic mass is 10.2. The van der Waals surface area contributed by atoms with Crippen molar-refractivity contribution in [3.8, 4) is 11.5 Å². The number of carbonyl (C=O) groups excluding carboxylic acids is 2. The van der Waals surface area contributed by atoms with Gasteiger partial charge >= 0.3 is 0 Å². The molecule has 1 aliphatic heterocycles. The Balaban J connectivity index is 1.68. The van der Waals surface area contributed by atoms with Gasteiger partial charge in [-0.05, 0) is 48.9 Å². The number of hydrogen-bond acceptors (Lipinski definition) is 4. The topological polar surface area (TPSA) is 76.7 Å². The Bertz CT molecular complexity index is 895. The van der Waals surface area contributed by atoms with E-state index >= 15 is 0 Å². The maximum absolute atomic E-state index is 13.6. The number of carbonyl (C=O) groups is 2. The summed E-state index contributed by atoms with van der Waals surface area (Å²) in [6, 6.07) is 9.34. The molecule has 2 aromatic carbocycles. The number of amides is 2. The number of nitrogens with one attached hydrogen (secondary N) is 2. The van der Waals surface area contributed by atoms with E-state index in [0.717, 1.165) is 0 Å². The first-order valence-corrected chi connectivity index (χ1v) is 7.90. The van der Waals surface area contributed by atoms with E-state index in [1.165, 1.54) is 31.4 Å². The molecule has 2 amide bonds. The molecule has 2 aromatic rings. The summed E-state index contributed by atoms with van der Waals surface area (Å²) in [7, 11) is 1.38. The lowest BCUT2D eigenvalue weighted by Crippen LogP contribution is -2.34. The summed E-state index contributed by atoms with van der Waals surface area (Å²) < 4.78 is 23.9. The van der Waals surface area contributed by atoms with Crippen LogP contribution in [0.5, 0.6) is 11.5 Å². The number of rotatable bonds is 4. The van der Waals surface area contributed by atoms with E-state index in [1.807, 2.05) is 0 Å². The van der Waals surface area contributed by atoms with Crippen molar-refractivity contribution in [2.75, 3.05) is 17.7 Å². The van der Waals surface area contributed by atoms with Crippen molar-refractivity contribution in [3.63, 3.8) is 0 Å². The molecule has 1 heterocycles. The van der Waals surface area contributed by atoms with Gasteiger partial charge in [0.05, 0.1) is 12.8 Å². The Morgan fingerprint density at radius 3 is 2.85 bits per heavy atom. The van der Waals surface area contributed by atoms with Gasteiger partial charge in [0.25, 0.3) is 5.91 Å². The highest BCUT2D eigenvalue weighted by atomic mass is 19.1. The molecule has 0 bridgehead atoms. The minimum absolute atomic E-state index is 0.138. The zero-order valence-corrected chi connectivity index (χ0v) is 14.2. The van der Waals surface area contributed by atoms with Crippen LogP contribution in [0.1, 0.15) is 12.5 Å². The third kappa shape index (κ3) is 3.83. The van der Waals surface area contributed by atoms with E-state index in [0.29, 0.717) is 22.7 Å². The monoisotopic (exact) mass is 356 g/mol. The molecule has 7 heteroatoms. The minimum Gasteiger partial charge on any atom is -0.494 e. The summed E-state index contributed by atoms with van der Waals surface area (Å²) in [6.45, 7) is 1.65. The van der Waals surface area contributed by atoms with Gasteiger partial charge in [-0.3, -0.25) is 9.59 Å². The van der Waals surface area contributed by atoms with Crippen LogP contribution in [0, 0.1) is 5.82 Å². The van der Waals surface area contributed by atoms with Crippen molar-refractivity contribution in [3.05, 3.63) is 53.9 Å². The van der Waals surface area contributed by atoms with Crippen LogP contribution in [0.2, 0.25) is 0 Å². The predicted octanol–water partition coefficient (Wildman–Crippen LogP) is 3.21. The summed E-state index contributed by atoms with van der Waals surface area (Å²) in [6.07, 6.45) is 2.22. The Morgan fingerprint density at radius 2 is 2.12 bits per heavy atom. The van der Waals surface area contributed by atoms with Crippen molar-refractivity contribution in [1.29, 1.82) is 0 Å². The van der Waals surface area contributed by atoms with Crippen molar-refractivity contribution in [1.82, 2.24) is 0 Å². The van der Waals surface area contributed by atoms with Gasteiger partial charge in [-0.1, -0.05) is 6.07 Å². The fourth-order valence-corrected chi connectivity index (χ4v) is 2.43. The minimum atomic E-state index is -0.559. The molecule has 0 aromatic heterocycles. The van der Waals surface area contributed by atoms with Gasteiger partial charge in [0.1, 0.15) is 5.75 Å². The van der Waals surface area contributed by atoms with E-state index in [2.05, 4.69) is 10.6 Å². The average molecular weight is 356 g/mol. The second-order valence-corrected chi connectivity index (χ2v) is 5.68. The van der Waals surface area contributed by atoms with Crippen LogP contribution in [0.15, 0.2) is 42.5 Å². The molecule has 0 aliphatic carbocycles. The van der Waals surface area contributed by atoms with Crippen LogP contribution in [0.3, 0.4) is 0 Å². The summed E-state index contributed by atoms with van der Waals surface area (Å²) in [5.74, 6) is -0.465. The highest BCUT2D eigenvalue weighted by Gasteiger charge is 2.23. The molecular weight excluding hydrogens is 339 g/mol. The predicted molar refractivity (Wildman–Crippen MR) is 95.8 cm³/mol. The lowest BCUT2D eigenvalue weighted by Gasteiger charge is -2.23. The van der Waals surface area contributed by atoms with Crippen molar-refractivity contribution < 1.29 is 23.5 Å². The summed E-state index contributed by atoms with van der Waals surface area (Å²) in [5, 5.41) is 5.39. The molecule has 6 nitrogen and oxygen atoms in total. The van der Waals surface area contributed by atoms with Gasteiger partial charge in [0, 0.05) is 11.8 Å². The van der Waals surface area contributed by atoms with Gasteiger partial charge in [-0.2, -0.15) is 0 Å². The van der Waals surface area contributed by atoms with E-state index in [4.69, 9.17) is 9.47 Å². The molecule has 134 valence electrons. The second kappa shape index (κ2) is 7.26. The molecule has 3 rings (SSSR count). The van der Waals surface area contributed by atoms with Crippen molar-refractivity contribution >= 4 is 29.3 Å². The van der Waals surface area contributed by atoms with Gasteiger partial charge in [-0.15, -0.1) is 0 Å². The molecule has 0 spiro atoms. The van der Waals surface area contributed by atoms with E-state index in [9.17, 15) is 14.0 Å². The quantitative estimate of drug-likeness (QED) is 0.825. The molecule has 1 aliphatic rings. The molecule has 0 saturated heterocycles. The van der Waals surface area contributed by atoms with Crippen LogP contribution >= 0.6 is 0 Å². The standard InChI is InChI=1S/C19H17FN2O4/c1-11-19(24)22-15-10-13(5-7-17(15)26-11)21-18(23)8-4-12-3-6-16(25-2)14(20)9-12/h3-11H,1-2H3,(H,21,23)(H,22,24)/b8-4+/t11-/m1/s1. The molecule has 0 fully saturated rings. The first-order chi connectivity index (χ1) is 12.5. The smallest absolute Gasteiger partial charge is 0.265 e. The van der Waals surface area contributed by atoms with Gasteiger partial charge in [0.15, 0.2) is 17.7 Å². The number of halogens is 1. The Labute approximate surface area is 149 Å². The molecule has 2 N–H and O–H groups in total. The molecule has 0 radical (unpaired) electrons. The number of anilines is 2. The highest BCUT2D eigenvalue weighted by Crippen LogP contribution is 2.32. The SMILES string of the molecule is COc1ccc(/C=C/C(=O)Nc2ccc3c(c2)NC(=O)[C@@H](C)O3)cc1F. The molecule has 0 unspecified atom stereocenters. The number of ether oxygens (including phenoxy) is 2. The van der Waals surface area contributed by atoms with Gasteiger partial charge in [0.2, 0.25) is 5.91 Å². The number of hydrogen-bond donors (Lipinski definition) is 2. The fraction of sp³-hybridized carbons (Fsp3) is 0.158. The Hall–Kier alpha value is -3.35. The Kier molecular flexibility index (Phi) is 4.88. The van der Waals surface area contributed by atoms with Gasteiger partial charge in [-0.25, -0.2) is 4.39 Å². The van der Waals surface area contributed by atoms with Crippen LogP contribution in [0.25, 0.3) is 6.08 Å². The third-order valence-corrected chi connectivity index (χ3v) is 3.78. The number of benzene rings is 2. The summed E-state index contributed by atoms with van der Waals surface area (Å²) >= 11 is 0. The maximum Gasteiger partial charge on any atom is 0.265 e. The summed E-state index contributed by atoms with van der Waals surface area (Å²) in [5.41, 5.74) is 1.52. The second-order valence-electron chi connectivity index (χ2n) is 5.68. The van der Waals surface area contributed by atoms with Crippen LogP contribution < -0.4 is 20.1 Å². The normalized spacial score (nSPS) is 15.8. The first kappa shape index (κ1) is 17.5. The third-order valence-electron chi connectivity index (χ3n) is 3.78. The van der Waals surface area contributed by atoms with Crippen LogP contribution in [-0.4, -0.2) is 25.0 Å². The lowest BCUT2D eigenvalue weighted by molar-refractivity contribution is -0.122. The highest BCUT2D eigenvalue weighted by molar-refractivity contribution is 6.03. The average Bonchev–Trinajstić information content (AvgIpc) is 2.61. The number of fused-ring (bicyclic) bond motifs is 1. The van der Waals surface area contributed by atoms with Crippen molar-refractivity contribution in [2.24, 2.45) is 0 Å². The Morgan fingerprint density at radius 1 is 1.31 bits per heavy atom. The molecular formula is C19H17FN2O4. The maximum atomic E-state index is 13.6.